The molecule has 0 aliphatic heterocycles. The summed E-state index contributed by atoms with van der Waals surface area (Å²) < 4.78 is 5.04. The van der Waals surface area contributed by atoms with Crippen LogP contribution in [0.2, 0.25) is 0 Å². The van der Waals surface area contributed by atoms with Gasteiger partial charge in [0.25, 0.3) is 0 Å². The molecule has 1 aliphatic rings. The van der Waals surface area contributed by atoms with Crippen molar-refractivity contribution in [2.24, 2.45) is 11.8 Å². The molecule has 1 fully saturated rings. The Hall–Kier alpha value is -1.10. The molecule has 0 radical (unpaired) electrons. The molecule has 1 rings (SSSR count). The molecule has 5 nitrogen and oxygen atoms in total. The Morgan fingerprint density at radius 1 is 1.18 bits per heavy atom. The summed E-state index contributed by atoms with van der Waals surface area (Å²) >= 11 is 0. The normalized spacial score (nSPS) is 24.3. The maximum Gasteiger partial charge on any atom is 0.308 e. The van der Waals surface area contributed by atoms with Gasteiger partial charge in [0.1, 0.15) is 0 Å². The summed E-state index contributed by atoms with van der Waals surface area (Å²) in [6, 6.07) is 0. The second-order valence-corrected chi connectivity index (χ2v) is 4.57. The van der Waals surface area contributed by atoms with Crippen LogP contribution in [0.1, 0.15) is 38.5 Å². The van der Waals surface area contributed by atoms with Crippen molar-refractivity contribution in [2.75, 3.05) is 13.2 Å². The van der Waals surface area contributed by atoms with E-state index in [4.69, 9.17) is 14.9 Å². The third-order valence-electron chi connectivity index (χ3n) is 3.22. The smallest absolute Gasteiger partial charge is 0.308 e. The summed E-state index contributed by atoms with van der Waals surface area (Å²) in [6.45, 7) is 0.380. The Bertz CT molecular complexity index is 256. The van der Waals surface area contributed by atoms with E-state index < -0.39 is 5.97 Å². The zero-order valence-corrected chi connectivity index (χ0v) is 9.93. The lowest BCUT2D eigenvalue weighted by atomic mass is 9.82. The number of carboxylic acid groups (broad SMARTS) is 1. The van der Waals surface area contributed by atoms with Crippen LogP contribution in [0.15, 0.2) is 0 Å². The minimum atomic E-state index is -0.871. The lowest BCUT2D eigenvalue weighted by molar-refractivity contribution is -0.151. The quantitative estimate of drug-likeness (QED) is 0.541. The van der Waals surface area contributed by atoms with Crippen molar-refractivity contribution in [3.63, 3.8) is 0 Å². The number of aliphatic hydroxyl groups is 1. The van der Waals surface area contributed by atoms with Crippen LogP contribution in [0.4, 0.5) is 0 Å². The van der Waals surface area contributed by atoms with Crippen molar-refractivity contribution >= 4 is 11.9 Å². The second-order valence-electron chi connectivity index (χ2n) is 4.57. The average Bonchev–Trinajstić information content (AvgIpc) is 2.34. The molecule has 2 N–H and O–H groups in total. The van der Waals surface area contributed by atoms with Crippen molar-refractivity contribution in [1.82, 2.24) is 0 Å². The molecule has 17 heavy (non-hydrogen) atoms. The van der Waals surface area contributed by atoms with Crippen LogP contribution in [0.5, 0.6) is 0 Å². The number of carbonyl (C=O) groups excluding carboxylic acids is 1. The molecule has 0 bridgehead atoms. The molecule has 0 aromatic carbocycles. The summed E-state index contributed by atoms with van der Waals surface area (Å²) in [6.07, 6.45) is 3.67. The minimum absolute atomic E-state index is 0.0323. The lowest BCUT2D eigenvalue weighted by Gasteiger charge is -2.25. The summed E-state index contributed by atoms with van der Waals surface area (Å²) in [4.78, 5) is 21.9. The number of aliphatic hydroxyl groups excluding tert-OH is 1. The number of carbonyl (C=O) groups is 2. The van der Waals surface area contributed by atoms with Gasteiger partial charge < -0.3 is 14.9 Å². The van der Waals surface area contributed by atoms with Crippen LogP contribution in [0.3, 0.4) is 0 Å². The first kappa shape index (κ1) is 14.0. The molecule has 0 atom stereocenters. The van der Waals surface area contributed by atoms with Crippen molar-refractivity contribution < 1.29 is 24.5 Å². The number of rotatable bonds is 6. The third-order valence-corrected chi connectivity index (χ3v) is 3.22. The van der Waals surface area contributed by atoms with Gasteiger partial charge in [-0.25, -0.2) is 0 Å². The molecule has 98 valence electrons. The molecule has 0 amide bonds. The van der Waals surface area contributed by atoms with Gasteiger partial charge in [0.2, 0.25) is 0 Å². The lowest BCUT2D eigenvalue weighted by Crippen LogP contribution is -2.25. The van der Waals surface area contributed by atoms with E-state index in [0.717, 1.165) is 25.7 Å². The topological polar surface area (TPSA) is 83.8 Å². The van der Waals surface area contributed by atoms with Gasteiger partial charge >= 0.3 is 11.9 Å². The molecule has 0 saturated heterocycles. The number of hydrogen-bond acceptors (Lipinski definition) is 4. The Balaban J connectivity index is 2.14. The maximum atomic E-state index is 11.6. The van der Waals surface area contributed by atoms with E-state index in [1.54, 1.807) is 0 Å². The summed E-state index contributed by atoms with van der Waals surface area (Å²) in [5.41, 5.74) is 0. The van der Waals surface area contributed by atoms with Gasteiger partial charge in [-0.3, -0.25) is 9.59 Å². The SMILES string of the molecule is O=C(O)CCCOC(=O)C1CCC(CO)CC1. The van der Waals surface area contributed by atoms with Crippen LogP contribution < -0.4 is 0 Å². The predicted molar refractivity (Wildman–Crippen MR) is 60.4 cm³/mol. The highest BCUT2D eigenvalue weighted by atomic mass is 16.5. The van der Waals surface area contributed by atoms with Gasteiger partial charge in [0.05, 0.1) is 12.5 Å². The zero-order chi connectivity index (χ0) is 12.7. The van der Waals surface area contributed by atoms with Crippen molar-refractivity contribution in [3.05, 3.63) is 0 Å². The van der Waals surface area contributed by atoms with Crippen LogP contribution in [-0.2, 0) is 14.3 Å². The van der Waals surface area contributed by atoms with Crippen molar-refractivity contribution in [3.8, 4) is 0 Å². The molecular weight excluding hydrogens is 224 g/mol. The maximum absolute atomic E-state index is 11.6. The zero-order valence-electron chi connectivity index (χ0n) is 9.93. The average molecular weight is 244 g/mol. The minimum Gasteiger partial charge on any atom is -0.481 e. The van der Waals surface area contributed by atoms with E-state index in [0.29, 0.717) is 12.3 Å². The highest BCUT2D eigenvalue weighted by Crippen LogP contribution is 2.29. The Kier molecular flexibility index (Phi) is 5.97. The van der Waals surface area contributed by atoms with Gasteiger partial charge in [0.15, 0.2) is 0 Å². The predicted octanol–water partition coefficient (Wildman–Crippen LogP) is 1.19. The molecule has 0 spiro atoms. The van der Waals surface area contributed by atoms with Crippen LogP contribution >= 0.6 is 0 Å². The van der Waals surface area contributed by atoms with E-state index in [2.05, 4.69) is 0 Å². The van der Waals surface area contributed by atoms with Gasteiger partial charge in [-0.05, 0) is 38.0 Å². The van der Waals surface area contributed by atoms with Gasteiger partial charge in [-0.15, -0.1) is 0 Å². The highest BCUT2D eigenvalue weighted by Gasteiger charge is 2.26. The number of hydrogen-bond donors (Lipinski definition) is 2. The van der Waals surface area contributed by atoms with Gasteiger partial charge in [0, 0.05) is 13.0 Å². The molecule has 1 saturated carbocycles. The fourth-order valence-corrected chi connectivity index (χ4v) is 2.09. The second kappa shape index (κ2) is 7.27. The molecule has 0 aromatic heterocycles. The van der Waals surface area contributed by atoms with Gasteiger partial charge in [-0.2, -0.15) is 0 Å². The molecule has 0 heterocycles. The largest absolute Gasteiger partial charge is 0.481 e. The monoisotopic (exact) mass is 244 g/mol. The Morgan fingerprint density at radius 3 is 2.35 bits per heavy atom. The molecular formula is C12H20O5. The van der Waals surface area contributed by atoms with Crippen LogP contribution in [-0.4, -0.2) is 35.4 Å². The molecule has 0 aromatic rings. The van der Waals surface area contributed by atoms with E-state index >= 15 is 0 Å². The first-order valence-corrected chi connectivity index (χ1v) is 6.12. The van der Waals surface area contributed by atoms with Gasteiger partial charge in [-0.1, -0.05) is 0 Å². The number of carboxylic acids is 1. The number of ether oxygens (including phenoxy) is 1. The molecule has 5 heteroatoms. The first-order chi connectivity index (χ1) is 8.13. The van der Waals surface area contributed by atoms with E-state index in [1.165, 1.54) is 0 Å². The fraction of sp³-hybridized carbons (Fsp3) is 0.833. The summed E-state index contributed by atoms with van der Waals surface area (Å²) in [5.74, 6) is -0.829. The standard InChI is InChI=1S/C12H20O5/c13-8-9-3-5-10(6-4-9)12(16)17-7-1-2-11(14)15/h9-10,13H,1-8H2,(H,14,15). The number of esters is 1. The molecule has 1 aliphatic carbocycles. The Morgan fingerprint density at radius 2 is 1.82 bits per heavy atom. The molecule has 0 unspecified atom stereocenters. The summed E-state index contributed by atoms with van der Waals surface area (Å²) in [5, 5.41) is 17.4. The van der Waals surface area contributed by atoms with E-state index in [9.17, 15) is 9.59 Å². The van der Waals surface area contributed by atoms with Crippen LogP contribution in [0.25, 0.3) is 0 Å². The van der Waals surface area contributed by atoms with E-state index in [1.807, 2.05) is 0 Å². The van der Waals surface area contributed by atoms with Crippen molar-refractivity contribution in [1.29, 1.82) is 0 Å². The summed E-state index contributed by atoms with van der Waals surface area (Å²) in [7, 11) is 0. The Labute approximate surface area is 101 Å². The van der Waals surface area contributed by atoms with Crippen LogP contribution in [0, 0.1) is 11.8 Å². The van der Waals surface area contributed by atoms with Crippen molar-refractivity contribution in [2.45, 2.75) is 38.5 Å². The highest BCUT2D eigenvalue weighted by molar-refractivity contribution is 5.72. The first-order valence-electron chi connectivity index (χ1n) is 6.12. The third kappa shape index (κ3) is 5.17. The fourth-order valence-electron chi connectivity index (χ4n) is 2.09. The number of aliphatic carboxylic acids is 1. The van der Waals surface area contributed by atoms with E-state index in [-0.39, 0.29) is 31.5 Å².